The number of carbonyl (C=O) groups is 4. The third-order valence-electron chi connectivity index (χ3n) is 4.85. The van der Waals surface area contributed by atoms with Crippen molar-refractivity contribution < 1.29 is 28.7 Å². The highest BCUT2D eigenvalue weighted by Crippen LogP contribution is 2.30. The van der Waals surface area contributed by atoms with Crippen LogP contribution >= 0.6 is 11.6 Å². The van der Waals surface area contributed by atoms with Gasteiger partial charge in [0.15, 0.2) is 0 Å². The van der Waals surface area contributed by atoms with Crippen LogP contribution in [0, 0.1) is 0 Å². The smallest absolute Gasteiger partial charge is 0.338 e. The Morgan fingerprint density at radius 3 is 2.12 bits per heavy atom. The summed E-state index contributed by atoms with van der Waals surface area (Å²) >= 11 is 6.17. The van der Waals surface area contributed by atoms with Gasteiger partial charge in [0.2, 0.25) is 0 Å². The van der Waals surface area contributed by atoms with E-state index in [1.165, 1.54) is 24.3 Å². The maximum Gasteiger partial charge on any atom is 0.338 e. The second-order valence-electron chi connectivity index (χ2n) is 7.83. The van der Waals surface area contributed by atoms with Crippen LogP contribution in [-0.2, 0) is 19.1 Å². The highest BCUT2D eigenvalue weighted by molar-refractivity contribution is 6.53. The number of benzene rings is 2. The molecule has 34 heavy (non-hydrogen) atoms. The Morgan fingerprint density at radius 1 is 0.941 bits per heavy atom. The molecule has 0 aliphatic carbocycles. The molecule has 0 spiro atoms. The number of anilines is 2. The quantitative estimate of drug-likeness (QED) is 0.314. The molecule has 178 valence electrons. The lowest BCUT2D eigenvalue weighted by Gasteiger charge is -2.15. The molecule has 2 amide bonds. The van der Waals surface area contributed by atoms with E-state index >= 15 is 0 Å². The van der Waals surface area contributed by atoms with E-state index in [9.17, 15) is 19.2 Å². The van der Waals surface area contributed by atoms with Gasteiger partial charge in [-0.2, -0.15) is 0 Å². The van der Waals surface area contributed by atoms with Gasteiger partial charge in [-0.15, -0.1) is 0 Å². The van der Waals surface area contributed by atoms with Crippen molar-refractivity contribution in [2.45, 2.75) is 39.7 Å². The Morgan fingerprint density at radius 2 is 1.53 bits per heavy atom. The van der Waals surface area contributed by atoms with Gasteiger partial charge in [0.25, 0.3) is 11.8 Å². The fourth-order valence-corrected chi connectivity index (χ4v) is 3.31. The van der Waals surface area contributed by atoms with Crippen LogP contribution in [0.3, 0.4) is 0 Å². The van der Waals surface area contributed by atoms with Gasteiger partial charge in [0.1, 0.15) is 10.7 Å². The number of hydrogen-bond acceptors (Lipinski definition) is 7. The fourth-order valence-electron chi connectivity index (χ4n) is 3.10. The highest BCUT2D eigenvalue weighted by atomic mass is 35.5. The van der Waals surface area contributed by atoms with E-state index in [0.29, 0.717) is 23.4 Å². The van der Waals surface area contributed by atoms with Crippen molar-refractivity contribution in [1.82, 2.24) is 0 Å². The standard InChI is InChI=1S/C25H25ClN2O6/c1-4-5-14-33-24(31)16-8-12-19(13-9-16)28-22(29)20(26)21(23(28)30)27-18-10-6-17(7-11-18)25(32)34-15(2)3/h6-13,15,27H,4-5,14H2,1-3H3. The average molecular weight is 485 g/mol. The molecule has 1 aliphatic heterocycles. The second-order valence-corrected chi connectivity index (χ2v) is 8.21. The number of nitrogens with zero attached hydrogens (tertiary/aromatic N) is 1. The molecule has 0 aromatic heterocycles. The lowest BCUT2D eigenvalue weighted by atomic mass is 10.2. The zero-order chi connectivity index (χ0) is 24.8. The summed E-state index contributed by atoms with van der Waals surface area (Å²) in [7, 11) is 0. The third-order valence-corrected chi connectivity index (χ3v) is 5.20. The van der Waals surface area contributed by atoms with Gasteiger partial charge in [0.05, 0.1) is 29.5 Å². The number of halogens is 1. The first-order chi connectivity index (χ1) is 16.2. The molecule has 2 aromatic rings. The van der Waals surface area contributed by atoms with E-state index in [0.717, 1.165) is 17.7 Å². The Kier molecular flexibility index (Phi) is 8.07. The normalized spacial score (nSPS) is 13.5. The van der Waals surface area contributed by atoms with Crippen LogP contribution in [-0.4, -0.2) is 36.5 Å². The topological polar surface area (TPSA) is 102 Å². The largest absolute Gasteiger partial charge is 0.462 e. The number of amides is 2. The first-order valence-corrected chi connectivity index (χ1v) is 11.2. The zero-order valence-corrected chi connectivity index (χ0v) is 19.8. The maximum absolute atomic E-state index is 13.0. The predicted molar refractivity (Wildman–Crippen MR) is 128 cm³/mol. The summed E-state index contributed by atoms with van der Waals surface area (Å²) in [4.78, 5) is 50.6. The average Bonchev–Trinajstić information content (AvgIpc) is 3.02. The van der Waals surface area contributed by atoms with Crippen molar-refractivity contribution in [1.29, 1.82) is 0 Å². The van der Waals surface area contributed by atoms with E-state index in [-0.39, 0.29) is 22.5 Å². The summed E-state index contributed by atoms with van der Waals surface area (Å²) in [6.45, 7) is 5.83. The van der Waals surface area contributed by atoms with E-state index < -0.39 is 23.8 Å². The van der Waals surface area contributed by atoms with Crippen LogP contribution in [0.4, 0.5) is 11.4 Å². The number of imide groups is 1. The SMILES string of the molecule is CCCCOC(=O)c1ccc(N2C(=O)C(Cl)=C(Nc3ccc(C(=O)OC(C)C)cc3)C2=O)cc1. The summed E-state index contributed by atoms with van der Waals surface area (Å²) in [5.74, 6) is -2.27. The number of carbonyl (C=O) groups excluding carboxylic acids is 4. The number of ether oxygens (including phenoxy) is 2. The number of hydrogen-bond donors (Lipinski definition) is 1. The predicted octanol–water partition coefficient (Wildman–Crippen LogP) is 4.64. The van der Waals surface area contributed by atoms with Crippen LogP contribution in [0.15, 0.2) is 59.3 Å². The molecule has 8 nitrogen and oxygen atoms in total. The van der Waals surface area contributed by atoms with Crippen molar-refractivity contribution in [2.24, 2.45) is 0 Å². The maximum atomic E-state index is 13.0. The van der Waals surface area contributed by atoms with Crippen LogP contribution in [0.1, 0.15) is 54.3 Å². The minimum Gasteiger partial charge on any atom is -0.462 e. The molecule has 0 bridgehead atoms. The van der Waals surface area contributed by atoms with Gasteiger partial charge in [-0.25, -0.2) is 14.5 Å². The molecule has 9 heteroatoms. The molecule has 0 atom stereocenters. The molecule has 1 heterocycles. The minimum atomic E-state index is -0.690. The zero-order valence-electron chi connectivity index (χ0n) is 19.1. The Hall–Kier alpha value is -3.65. The molecule has 0 fully saturated rings. The van der Waals surface area contributed by atoms with Gasteiger partial charge in [-0.3, -0.25) is 9.59 Å². The van der Waals surface area contributed by atoms with Crippen LogP contribution in [0.5, 0.6) is 0 Å². The molecule has 2 aromatic carbocycles. The number of nitrogens with one attached hydrogen (secondary N) is 1. The molecule has 0 unspecified atom stereocenters. The second kappa shape index (κ2) is 11.0. The molecule has 3 rings (SSSR count). The summed E-state index contributed by atoms with van der Waals surface area (Å²) in [6, 6.07) is 12.2. The van der Waals surface area contributed by atoms with Gasteiger partial charge in [-0.05, 0) is 68.8 Å². The van der Waals surface area contributed by atoms with E-state index in [2.05, 4.69) is 5.32 Å². The molecular formula is C25H25ClN2O6. The molecule has 0 radical (unpaired) electrons. The first kappa shape index (κ1) is 25.0. The lowest BCUT2D eigenvalue weighted by Crippen LogP contribution is -2.32. The van der Waals surface area contributed by atoms with Gasteiger partial charge in [0, 0.05) is 5.69 Å². The lowest BCUT2D eigenvalue weighted by molar-refractivity contribution is -0.120. The molecule has 0 saturated heterocycles. The van der Waals surface area contributed by atoms with Crippen LogP contribution in [0.25, 0.3) is 0 Å². The highest BCUT2D eigenvalue weighted by Gasteiger charge is 2.39. The molecule has 1 N–H and O–H groups in total. The van der Waals surface area contributed by atoms with E-state index in [4.69, 9.17) is 21.1 Å². The monoisotopic (exact) mass is 484 g/mol. The van der Waals surface area contributed by atoms with Gasteiger partial charge >= 0.3 is 11.9 Å². The van der Waals surface area contributed by atoms with Gasteiger partial charge in [-0.1, -0.05) is 24.9 Å². The summed E-state index contributed by atoms with van der Waals surface area (Å²) in [6.07, 6.45) is 1.43. The Labute approximate surface area is 202 Å². The number of unbranched alkanes of at least 4 members (excludes halogenated alkanes) is 1. The van der Waals surface area contributed by atoms with Crippen LogP contribution in [0.2, 0.25) is 0 Å². The van der Waals surface area contributed by atoms with Crippen molar-refractivity contribution in [3.05, 3.63) is 70.4 Å². The van der Waals surface area contributed by atoms with Crippen molar-refractivity contribution >= 4 is 46.7 Å². The number of esters is 2. The Bertz CT molecular complexity index is 1120. The van der Waals surface area contributed by atoms with Crippen molar-refractivity contribution in [3.63, 3.8) is 0 Å². The third kappa shape index (κ3) is 5.63. The summed E-state index contributed by atoms with van der Waals surface area (Å²) in [5, 5.41) is 2.58. The number of rotatable bonds is 9. The van der Waals surface area contributed by atoms with Gasteiger partial charge < -0.3 is 14.8 Å². The molecule has 1 aliphatic rings. The summed E-state index contributed by atoms with van der Waals surface area (Å²) < 4.78 is 10.3. The molecular weight excluding hydrogens is 460 g/mol. The van der Waals surface area contributed by atoms with Crippen LogP contribution < -0.4 is 10.2 Å². The van der Waals surface area contributed by atoms with E-state index in [1.54, 1.807) is 38.1 Å². The van der Waals surface area contributed by atoms with Crippen molar-refractivity contribution in [2.75, 3.05) is 16.8 Å². The first-order valence-electron chi connectivity index (χ1n) is 10.9. The molecule has 0 saturated carbocycles. The van der Waals surface area contributed by atoms with Crippen molar-refractivity contribution in [3.8, 4) is 0 Å². The summed E-state index contributed by atoms with van der Waals surface area (Å²) in [5.41, 5.74) is 1.30. The van der Waals surface area contributed by atoms with E-state index in [1.807, 2.05) is 6.92 Å². The minimum absolute atomic E-state index is 0.0905. The fraction of sp³-hybridized carbons (Fsp3) is 0.280. The Balaban J connectivity index is 1.71.